The molecular weight excluding hydrogens is 242 g/mol. The molecule has 0 aliphatic carbocycles. The number of benzene rings is 1. The van der Waals surface area contributed by atoms with Crippen LogP contribution in [-0.2, 0) is 11.2 Å². The lowest BCUT2D eigenvalue weighted by Crippen LogP contribution is -2.14. The standard InChI is InChI=1S/C11H12BrNO/c12-10-3-1-2-8(5-10)4-9-6-13-7-11(9)14/h1-3,5,9,13H,4,6-7H2. The maximum atomic E-state index is 11.4. The fourth-order valence-electron chi connectivity index (χ4n) is 1.76. The largest absolute Gasteiger partial charge is 0.309 e. The highest BCUT2D eigenvalue weighted by molar-refractivity contribution is 9.10. The first-order valence-electron chi connectivity index (χ1n) is 4.73. The maximum Gasteiger partial charge on any atom is 0.151 e. The summed E-state index contributed by atoms with van der Waals surface area (Å²) in [5, 5.41) is 3.10. The van der Waals surface area contributed by atoms with Gasteiger partial charge in [0, 0.05) is 16.9 Å². The van der Waals surface area contributed by atoms with Crippen LogP contribution >= 0.6 is 15.9 Å². The minimum atomic E-state index is 0.171. The number of nitrogens with one attached hydrogen (secondary N) is 1. The van der Waals surface area contributed by atoms with Crippen LogP contribution in [0, 0.1) is 5.92 Å². The summed E-state index contributed by atoms with van der Waals surface area (Å²) in [7, 11) is 0. The van der Waals surface area contributed by atoms with Crippen molar-refractivity contribution in [1.82, 2.24) is 5.32 Å². The van der Waals surface area contributed by atoms with Crippen molar-refractivity contribution in [2.24, 2.45) is 5.92 Å². The van der Waals surface area contributed by atoms with Gasteiger partial charge < -0.3 is 5.32 Å². The van der Waals surface area contributed by atoms with E-state index in [4.69, 9.17) is 0 Å². The van der Waals surface area contributed by atoms with Gasteiger partial charge in [0.25, 0.3) is 0 Å². The van der Waals surface area contributed by atoms with Gasteiger partial charge in [0.2, 0.25) is 0 Å². The van der Waals surface area contributed by atoms with Gasteiger partial charge >= 0.3 is 0 Å². The zero-order chi connectivity index (χ0) is 9.97. The summed E-state index contributed by atoms with van der Waals surface area (Å²) in [6, 6.07) is 8.15. The second-order valence-electron chi connectivity index (χ2n) is 3.63. The van der Waals surface area contributed by atoms with Crippen LogP contribution in [0.4, 0.5) is 0 Å². The third-order valence-corrected chi connectivity index (χ3v) is 3.01. The number of hydrogen-bond donors (Lipinski definition) is 1. The van der Waals surface area contributed by atoms with E-state index in [2.05, 4.69) is 33.4 Å². The van der Waals surface area contributed by atoms with Crippen LogP contribution in [-0.4, -0.2) is 18.9 Å². The Morgan fingerprint density at radius 1 is 1.50 bits per heavy atom. The van der Waals surface area contributed by atoms with E-state index in [-0.39, 0.29) is 5.92 Å². The molecule has 0 saturated carbocycles. The molecular formula is C11H12BrNO. The highest BCUT2D eigenvalue weighted by Crippen LogP contribution is 2.16. The number of carbonyl (C=O) groups is 1. The van der Waals surface area contributed by atoms with E-state index in [0.29, 0.717) is 12.3 Å². The van der Waals surface area contributed by atoms with Crippen LogP contribution in [0.15, 0.2) is 28.7 Å². The van der Waals surface area contributed by atoms with E-state index in [1.54, 1.807) is 0 Å². The lowest BCUT2D eigenvalue weighted by atomic mass is 9.98. The fourth-order valence-corrected chi connectivity index (χ4v) is 2.21. The topological polar surface area (TPSA) is 29.1 Å². The van der Waals surface area contributed by atoms with Crippen LogP contribution in [0.5, 0.6) is 0 Å². The summed E-state index contributed by atoms with van der Waals surface area (Å²) in [6.07, 6.45) is 0.852. The first-order valence-corrected chi connectivity index (χ1v) is 5.53. The Hall–Kier alpha value is -0.670. The Balaban J connectivity index is 2.07. The Morgan fingerprint density at radius 3 is 3.00 bits per heavy atom. The Morgan fingerprint density at radius 2 is 2.36 bits per heavy atom. The zero-order valence-corrected chi connectivity index (χ0v) is 9.38. The molecule has 0 aromatic heterocycles. The van der Waals surface area contributed by atoms with Crippen LogP contribution in [0.2, 0.25) is 0 Å². The molecule has 1 aromatic rings. The molecule has 0 bridgehead atoms. The van der Waals surface area contributed by atoms with Gasteiger partial charge in [-0.25, -0.2) is 0 Å². The van der Waals surface area contributed by atoms with Crippen molar-refractivity contribution in [3.8, 4) is 0 Å². The Bertz CT molecular complexity index is 351. The van der Waals surface area contributed by atoms with Gasteiger partial charge in [0.15, 0.2) is 5.78 Å². The monoisotopic (exact) mass is 253 g/mol. The summed E-state index contributed by atoms with van der Waals surface area (Å²) in [6.45, 7) is 1.37. The van der Waals surface area contributed by atoms with Gasteiger partial charge in [-0.15, -0.1) is 0 Å². The van der Waals surface area contributed by atoms with Crippen molar-refractivity contribution in [3.05, 3.63) is 34.3 Å². The third-order valence-electron chi connectivity index (χ3n) is 2.52. The summed E-state index contributed by atoms with van der Waals surface area (Å²) in [4.78, 5) is 11.4. The second kappa shape index (κ2) is 4.24. The average molecular weight is 254 g/mol. The molecule has 1 atom stereocenters. The lowest BCUT2D eigenvalue weighted by Gasteiger charge is -2.06. The highest BCUT2D eigenvalue weighted by Gasteiger charge is 2.23. The normalized spacial score (nSPS) is 21.5. The smallest absolute Gasteiger partial charge is 0.151 e. The number of hydrogen-bond acceptors (Lipinski definition) is 2. The molecule has 0 radical (unpaired) electrons. The van der Waals surface area contributed by atoms with E-state index in [9.17, 15) is 4.79 Å². The van der Waals surface area contributed by atoms with E-state index >= 15 is 0 Å². The van der Waals surface area contributed by atoms with E-state index in [1.165, 1.54) is 5.56 Å². The molecule has 1 heterocycles. The SMILES string of the molecule is O=C1CNCC1Cc1cccc(Br)c1. The van der Waals surface area contributed by atoms with E-state index in [1.807, 2.05) is 12.1 Å². The van der Waals surface area contributed by atoms with Gasteiger partial charge in [-0.1, -0.05) is 28.1 Å². The van der Waals surface area contributed by atoms with Gasteiger partial charge in [-0.3, -0.25) is 4.79 Å². The minimum Gasteiger partial charge on any atom is -0.309 e. The van der Waals surface area contributed by atoms with Crippen molar-refractivity contribution in [1.29, 1.82) is 0 Å². The predicted octanol–water partition coefficient (Wildman–Crippen LogP) is 1.78. The Labute approximate surface area is 91.8 Å². The molecule has 14 heavy (non-hydrogen) atoms. The van der Waals surface area contributed by atoms with Gasteiger partial charge in [-0.05, 0) is 24.1 Å². The number of halogens is 1. The van der Waals surface area contributed by atoms with Gasteiger partial charge in [0.05, 0.1) is 6.54 Å². The molecule has 2 rings (SSSR count). The molecule has 3 heteroatoms. The molecule has 1 aliphatic rings. The maximum absolute atomic E-state index is 11.4. The lowest BCUT2D eigenvalue weighted by molar-refractivity contribution is -0.119. The quantitative estimate of drug-likeness (QED) is 0.871. The number of ketones is 1. The average Bonchev–Trinajstić information content (AvgIpc) is 2.52. The van der Waals surface area contributed by atoms with Crippen molar-refractivity contribution in [2.45, 2.75) is 6.42 Å². The summed E-state index contributed by atoms with van der Waals surface area (Å²) in [5.41, 5.74) is 1.22. The van der Waals surface area contributed by atoms with E-state index in [0.717, 1.165) is 17.4 Å². The molecule has 2 nitrogen and oxygen atoms in total. The zero-order valence-electron chi connectivity index (χ0n) is 7.79. The molecule has 74 valence electrons. The third kappa shape index (κ3) is 2.22. The molecule has 1 aromatic carbocycles. The van der Waals surface area contributed by atoms with Gasteiger partial charge in [-0.2, -0.15) is 0 Å². The van der Waals surface area contributed by atoms with Crippen molar-refractivity contribution in [2.75, 3.05) is 13.1 Å². The molecule has 0 spiro atoms. The van der Waals surface area contributed by atoms with Crippen LogP contribution < -0.4 is 5.32 Å². The highest BCUT2D eigenvalue weighted by atomic mass is 79.9. The summed E-state index contributed by atoms with van der Waals surface area (Å²) in [5.74, 6) is 0.509. The molecule has 1 aliphatic heterocycles. The number of rotatable bonds is 2. The Kier molecular flexibility index (Phi) is 2.99. The van der Waals surface area contributed by atoms with Crippen molar-refractivity contribution >= 4 is 21.7 Å². The second-order valence-corrected chi connectivity index (χ2v) is 4.54. The fraction of sp³-hybridized carbons (Fsp3) is 0.364. The minimum absolute atomic E-state index is 0.171. The predicted molar refractivity (Wildman–Crippen MR) is 59.2 cm³/mol. The summed E-state index contributed by atoms with van der Waals surface area (Å²) >= 11 is 3.43. The first kappa shape index (κ1) is 9.87. The summed E-state index contributed by atoms with van der Waals surface area (Å²) < 4.78 is 1.08. The molecule has 1 unspecified atom stereocenters. The van der Waals surface area contributed by atoms with Gasteiger partial charge in [0.1, 0.15) is 0 Å². The first-order chi connectivity index (χ1) is 6.75. The van der Waals surface area contributed by atoms with Crippen LogP contribution in [0.1, 0.15) is 5.56 Å². The number of carbonyl (C=O) groups excluding carboxylic acids is 1. The molecule has 0 amide bonds. The van der Waals surface area contributed by atoms with Crippen LogP contribution in [0.3, 0.4) is 0 Å². The number of Topliss-reactive ketones (excluding diaryl/α,β-unsaturated/α-hetero) is 1. The van der Waals surface area contributed by atoms with Crippen LogP contribution in [0.25, 0.3) is 0 Å². The van der Waals surface area contributed by atoms with Crippen molar-refractivity contribution < 1.29 is 4.79 Å². The molecule has 1 N–H and O–H groups in total. The molecule has 1 fully saturated rings. The molecule has 1 saturated heterocycles. The van der Waals surface area contributed by atoms with Crippen molar-refractivity contribution in [3.63, 3.8) is 0 Å². The van der Waals surface area contributed by atoms with E-state index < -0.39 is 0 Å².